The number of hydrogen-bond donors (Lipinski definition) is 1. The van der Waals surface area contributed by atoms with Crippen LogP contribution in [-0.4, -0.2) is 96.8 Å². The smallest absolute Gasteiger partial charge is 0.251 e. The molecular weight excluding hydrogens is 851 g/mol. The molecule has 0 fully saturated rings. The molecule has 0 radical (unpaired) electrons. The van der Waals surface area contributed by atoms with Crippen LogP contribution in [0.4, 0.5) is 0 Å². The summed E-state index contributed by atoms with van der Waals surface area (Å²) in [4.78, 5) is 32.2. The van der Waals surface area contributed by atoms with Crippen LogP contribution in [0.15, 0.2) is 76.1 Å². The molecule has 0 saturated heterocycles. The van der Waals surface area contributed by atoms with Crippen molar-refractivity contribution in [2.45, 2.75) is 63.5 Å². The lowest BCUT2D eigenvalue weighted by atomic mass is 10.5. The number of rotatable bonds is 5. The number of halogens is 3. The van der Waals surface area contributed by atoms with Crippen molar-refractivity contribution in [1.82, 2.24) is 69.6 Å². The number of aromatic nitrogens is 14. The lowest BCUT2D eigenvalue weighted by Crippen LogP contribution is -2.09. The molecule has 0 aliphatic heterocycles. The van der Waals surface area contributed by atoms with Crippen LogP contribution in [0, 0.1) is 48.5 Å². The third kappa shape index (κ3) is 16.8. The predicted molar refractivity (Wildman–Crippen MR) is 226 cm³/mol. The van der Waals surface area contributed by atoms with Gasteiger partial charge >= 0.3 is 0 Å². The summed E-state index contributed by atoms with van der Waals surface area (Å²) in [6.45, 7) is 13.1. The van der Waals surface area contributed by atoms with Crippen LogP contribution in [0.2, 0.25) is 15.7 Å². The molecular formula is C35H41Cl3N14O2S3. The number of sulfone groups is 1. The Balaban J connectivity index is 0.000000199. The van der Waals surface area contributed by atoms with Crippen molar-refractivity contribution in [1.29, 1.82) is 0 Å². The first kappa shape index (κ1) is 46.8. The monoisotopic (exact) mass is 890 g/mol. The molecule has 7 rings (SSSR count). The first-order chi connectivity index (χ1) is 26.8. The highest BCUT2D eigenvalue weighted by Crippen LogP contribution is 2.15. The van der Waals surface area contributed by atoms with E-state index < -0.39 is 9.84 Å². The lowest BCUT2D eigenvalue weighted by molar-refractivity contribution is 0.596. The van der Waals surface area contributed by atoms with Crippen LogP contribution in [0.5, 0.6) is 0 Å². The highest BCUT2D eigenvalue weighted by Gasteiger charge is 2.13. The van der Waals surface area contributed by atoms with Crippen molar-refractivity contribution >= 4 is 68.2 Å². The molecule has 0 amide bonds. The van der Waals surface area contributed by atoms with Gasteiger partial charge in [0.2, 0.25) is 10.6 Å². The lowest BCUT2D eigenvalue weighted by Gasteiger charge is -2.04. The summed E-state index contributed by atoms with van der Waals surface area (Å²) in [5.74, 6) is 0.894. The number of H-pyrrole nitrogens is 1. The largest absolute Gasteiger partial charge is 0.283 e. The molecule has 7 aromatic rings. The van der Waals surface area contributed by atoms with E-state index in [1.165, 1.54) is 10.7 Å². The van der Waals surface area contributed by atoms with E-state index in [-0.39, 0.29) is 16.3 Å². The van der Waals surface area contributed by atoms with Gasteiger partial charge in [0.05, 0.1) is 11.4 Å². The van der Waals surface area contributed by atoms with Gasteiger partial charge in [-0.2, -0.15) is 20.3 Å². The van der Waals surface area contributed by atoms with Crippen LogP contribution in [0.3, 0.4) is 0 Å². The van der Waals surface area contributed by atoms with Gasteiger partial charge in [0.25, 0.3) is 11.9 Å². The van der Waals surface area contributed by atoms with Crippen molar-refractivity contribution in [3.63, 3.8) is 0 Å². The van der Waals surface area contributed by atoms with Crippen molar-refractivity contribution in [3.05, 3.63) is 117 Å². The minimum absolute atomic E-state index is 0.00755. The van der Waals surface area contributed by atoms with E-state index in [1.54, 1.807) is 66.6 Å². The Hall–Kier alpha value is -4.53. The van der Waals surface area contributed by atoms with Crippen LogP contribution >= 0.6 is 58.3 Å². The molecule has 302 valence electrons. The SMILES string of the molecule is CSc1cc(C)nc(-n2ccc(C)n2)n1.CSc1cc(C)nc(Cl)n1.Cc1cc(Cl)nc(Cl)n1.Cc1cc(S(C)(=O)=O)nc(-n2ccc(C)n2)n1.Cc1ccn[nH]1. The molecule has 57 heavy (non-hydrogen) atoms. The van der Waals surface area contributed by atoms with Crippen LogP contribution < -0.4 is 0 Å². The molecule has 0 aliphatic rings. The molecule has 7 heterocycles. The molecule has 1 N–H and O–H groups in total. The second kappa shape index (κ2) is 22.4. The molecule has 22 heteroatoms. The summed E-state index contributed by atoms with van der Waals surface area (Å²) in [5.41, 5.74) is 6.11. The number of aromatic amines is 1. The fourth-order valence-corrected chi connectivity index (χ4v) is 6.37. The Kier molecular flexibility index (Phi) is 18.4. The zero-order valence-corrected chi connectivity index (χ0v) is 37.5. The molecule has 7 aromatic heterocycles. The summed E-state index contributed by atoms with van der Waals surface area (Å²) >= 11 is 19.7. The van der Waals surface area contributed by atoms with E-state index in [4.69, 9.17) is 34.8 Å². The third-order valence-corrected chi connectivity index (χ3v) is 9.29. The Morgan fingerprint density at radius 3 is 1.44 bits per heavy atom. The minimum Gasteiger partial charge on any atom is -0.283 e. The van der Waals surface area contributed by atoms with E-state index in [0.29, 0.717) is 22.1 Å². The zero-order chi connectivity index (χ0) is 42.3. The number of nitrogens with zero attached hydrogens (tertiary/aromatic N) is 13. The molecule has 0 aromatic carbocycles. The quantitative estimate of drug-likeness (QED) is 0.100. The highest BCUT2D eigenvalue weighted by atomic mass is 35.5. The maximum Gasteiger partial charge on any atom is 0.251 e. The molecule has 0 bridgehead atoms. The van der Waals surface area contributed by atoms with Gasteiger partial charge in [0.1, 0.15) is 15.2 Å². The maximum absolute atomic E-state index is 11.5. The van der Waals surface area contributed by atoms with Gasteiger partial charge < -0.3 is 0 Å². The summed E-state index contributed by atoms with van der Waals surface area (Å²) in [6, 6.07) is 12.6. The fraction of sp³-hybridized carbons (Fsp3) is 0.286. The molecule has 0 atom stereocenters. The van der Waals surface area contributed by atoms with E-state index >= 15 is 0 Å². The Morgan fingerprint density at radius 2 is 1.05 bits per heavy atom. The van der Waals surface area contributed by atoms with Crippen LogP contribution in [-0.2, 0) is 9.84 Å². The molecule has 0 spiro atoms. The van der Waals surface area contributed by atoms with Gasteiger partial charge in [0, 0.05) is 53.3 Å². The van der Waals surface area contributed by atoms with Crippen molar-refractivity contribution < 1.29 is 8.42 Å². The second-order valence-electron chi connectivity index (χ2n) is 11.7. The van der Waals surface area contributed by atoms with Gasteiger partial charge in [-0.1, -0.05) is 11.6 Å². The van der Waals surface area contributed by atoms with Crippen molar-refractivity contribution in [2.75, 3.05) is 18.8 Å². The first-order valence-electron chi connectivity index (χ1n) is 16.5. The second-order valence-corrected chi connectivity index (χ2v) is 16.4. The number of nitrogens with one attached hydrogen (secondary N) is 1. The minimum atomic E-state index is -3.34. The summed E-state index contributed by atoms with van der Waals surface area (Å²) < 4.78 is 26.1. The molecule has 16 nitrogen and oxygen atoms in total. The number of hydrogen-bond acceptors (Lipinski definition) is 15. The zero-order valence-electron chi connectivity index (χ0n) is 32.8. The van der Waals surface area contributed by atoms with Gasteiger partial charge in [-0.25, -0.2) is 52.7 Å². The normalized spacial score (nSPS) is 10.5. The van der Waals surface area contributed by atoms with Crippen molar-refractivity contribution in [3.8, 4) is 11.9 Å². The summed E-state index contributed by atoms with van der Waals surface area (Å²) in [5, 5.41) is 17.7. The molecule has 0 aliphatic carbocycles. The van der Waals surface area contributed by atoms with E-state index in [1.807, 2.05) is 77.6 Å². The third-order valence-electron chi connectivity index (χ3n) is 6.53. The fourth-order valence-electron chi connectivity index (χ4n) is 4.03. The van der Waals surface area contributed by atoms with Gasteiger partial charge in [-0.05, 0) is 127 Å². The molecule has 0 saturated carbocycles. The van der Waals surface area contributed by atoms with E-state index in [0.717, 1.165) is 50.5 Å². The summed E-state index contributed by atoms with van der Waals surface area (Å²) in [7, 11) is -3.34. The first-order valence-corrected chi connectivity index (χ1v) is 22.0. The average Bonchev–Trinajstić information content (AvgIpc) is 3.90. The van der Waals surface area contributed by atoms with Gasteiger partial charge in [-0.3, -0.25) is 5.10 Å². The topological polar surface area (TPSA) is 202 Å². The number of aryl methyl sites for hydroxylation is 7. The number of thioether (sulfide) groups is 2. The Bertz CT molecular complexity index is 2390. The highest BCUT2D eigenvalue weighted by molar-refractivity contribution is 7.98. The maximum atomic E-state index is 11.5. The Labute approximate surface area is 355 Å². The van der Waals surface area contributed by atoms with E-state index in [9.17, 15) is 8.42 Å². The van der Waals surface area contributed by atoms with E-state index in [2.05, 4.69) is 60.3 Å². The van der Waals surface area contributed by atoms with Crippen LogP contribution in [0.25, 0.3) is 11.9 Å². The standard InChI is InChI=1S/C10H12N4O2S.C10H12N4S.C6H7ClN2S.C5H4Cl2N2.C4H6N2/c1-7-4-5-14(13-7)10-11-8(2)6-9(12-10)17(3,15)16;1-7-4-5-14(13-7)10-11-8(2)6-9(12-10)15-3;1-4-3-5(10-2)9-6(7)8-4;1-3-2-4(6)9-5(7)8-3;1-4-2-3-5-6-4/h4-6H,1-3H3;4-6H,1-3H3;3H,1-2H3;2H,1H3;2-3H,1H3,(H,5,6). The summed E-state index contributed by atoms with van der Waals surface area (Å²) in [6.07, 6.45) is 10.4. The van der Waals surface area contributed by atoms with Gasteiger partial charge in [-0.15, -0.1) is 23.5 Å². The van der Waals surface area contributed by atoms with Crippen molar-refractivity contribution in [2.24, 2.45) is 0 Å². The predicted octanol–water partition coefficient (Wildman–Crippen LogP) is 7.65. The van der Waals surface area contributed by atoms with Crippen LogP contribution in [0.1, 0.15) is 39.9 Å². The average molecular weight is 892 g/mol. The molecule has 0 unspecified atom stereocenters. The van der Waals surface area contributed by atoms with Gasteiger partial charge in [0.15, 0.2) is 14.9 Å². The Morgan fingerprint density at radius 1 is 0.579 bits per heavy atom.